The highest BCUT2D eigenvalue weighted by atomic mass is 16.4. The number of carbonyl (C=O) groups excluding carboxylic acids is 1. The van der Waals surface area contributed by atoms with E-state index in [2.05, 4.69) is 5.32 Å². The quantitative estimate of drug-likeness (QED) is 0.782. The molecule has 1 amide bonds. The summed E-state index contributed by atoms with van der Waals surface area (Å²) >= 11 is 0. The van der Waals surface area contributed by atoms with Gasteiger partial charge in [0, 0.05) is 0 Å². The predicted octanol–water partition coefficient (Wildman–Crippen LogP) is 1.12. The van der Waals surface area contributed by atoms with Crippen molar-refractivity contribution in [3.05, 3.63) is 24.2 Å². The SMILES string of the molecule is CC(C)[C@@H](NC(=O)c1ccco1)C(=O)O. The van der Waals surface area contributed by atoms with Crippen molar-refractivity contribution in [3.63, 3.8) is 0 Å². The van der Waals surface area contributed by atoms with Gasteiger partial charge in [-0.1, -0.05) is 13.8 Å². The second kappa shape index (κ2) is 4.63. The van der Waals surface area contributed by atoms with Gasteiger partial charge < -0.3 is 14.8 Å². The third-order valence-electron chi connectivity index (χ3n) is 1.96. The fourth-order valence-corrected chi connectivity index (χ4v) is 1.13. The average Bonchev–Trinajstić information content (AvgIpc) is 2.65. The number of carbonyl (C=O) groups is 2. The summed E-state index contributed by atoms with van der Waals surface area (Å²) in [6.45, 7) is 3.45. The molecule has 82 valence electrons. The average molecular weight is 211 g/mol. The van der Waals surface area contributed by atoms with Crippen LogP contribution in [0.3, 0.4) is 0 Å². The van der Waals surface area contributed by atoms with Crippen LogP contribution in [0.5, 0.6) is 0 Å². The van der Waals surface area contributed by atoms with Gasteiger partial charge in [-0.2, -0.15) is 0 Å². The topological polar surface area (TPSA) is 79.5 Å². The molecule has 0 aliphatic rings. The van der Waals surface area contributed by atoms with Crippen LogP contribution in [-0.2, 0) is 4.79 Å². The standard InChI is InChI=1S/C10H13NO4/c1-6(2)8(10(13)14)11-9(12)7-4-3-5-15-7/h3-6,8H,1-2H3,(H,11,12)(H,13,14)/t8-/m1/s1. The Morgan fingerprint density at radius 1 is 1.47 bits per heavy atom. The van der Waals surface area contributed by atoms with Crippen LogP contribution in [0, 0.1) is 5.92 Å². The summed E-state index contributed by atoms with van der Waals surface area (Å²) in [6, 6.07) is 2.15. The molecule has 1 heterocycles. The van der Waals surface area contributed by atoms with Gasteiger partial charge >= 0.3 is 5.97 Å². The molecule has 2 N–H and O–H groups in total. The molecule has 1 atom stereocenters. The Morgan fingerprint density at radius 3 is 2.53 bits per heavy atom. The first-order valence-corrected chi connectivity index (χ1v) is 4.59. The number of hydrogen-bond donors (Lipinski definition) is 2. The molecular weight excluding hydrogens is 198 g/mol. The Labute approximate surface area is 87.1 Å². The van der Waals surface area contributed by atoms with E-state index in [0.29, 0.717) is 0 Å². The van der Waals surface area contributed by atoms with Crippen molar-refractivity contribution in [2.24, 2.45) is 5.92 Å². The van der Waals surface area contributed by atoms with Crippen molar-refractivity contribution in [2.45, 2.75) is 19.9 Å². The van der Waals surface area contributed by atoms with Crippen molar-refractivity contribution < 1.29 is 19.1 Å². The van der Waals surface area contributed by atoms with Gasteiger partial charge in [0.25, 0.3) is 5.91 Å². The normalized spacial score (nSPS) is 12.5. The molecule has 5 nitrogen and oxygen atoms in total. The minimum atomic E-state index is -1.05. The zero-order chi connectivity index (χ0) is 11.4. The molecule has 0 saturated heterocycles. The lowest BCUT2D eigenvalue weighted by molar-refractivity contribution is -0.140. The van der Waals surface area contributed by atoms with Gasteiger partial charge in [0.15, 0.2) is 5.76 Å². The Kier molecular flexibility index (Phi) is 3.49. The number of nitrogens with one attached hydrogen (secondary N) is 1. The lowest BCUT2D eigenvalue weighted by Crippen LogP contribution is -2.44. The number of carboxylic acid groups (broad SMARTS) is 1. The summed E-state index contributed by atoms with van der Waals surface area (Å²) in [6.07, 6.45) is 1.36. The van der Waals surface area contributed by atoms with Crippen LogP contribution in [-0.4, -0.2) is 23.0 Å². The molecule has 0 aliphatic carbocycles. The second-order valence-electron chi connectivity index (χ2n) is 3.51. The van der Waals surface area contributed by atoms with Gasteiger partial charge in [0.05, 0.1) is 6.26 Å². The summed E-state index contributed by atoms with van der Waals surface area (Å²) in [7, 11) is 0. The molecule has 0 bridgehead atoms. The number of amides is 1. The fourth-order valence-electron chi connectivity index (χ4n) is 1.13. The van der Waals surface area contributed by atoms with Crippen molar-refractivity contribution in [1.29, 1.82) is 0 Å². The molecule has 0 spiro atoms. The lowest BCUT2D eigenvalue weighted by atomic mass is 10.0. The van der Waals surface area contributed by atoms with Crippen LogP contribution < -0.4 is 5.32 Å². The van der Waals surface area contributed by atoms with Gasteiger partial charge in [-0.15, -0.1) is 0 Å². The number of aliphatic carboxylic acids is 1. The smallest absolute Gasteiger partial charge is 0.326 e. The lowest BCUT2D eigenvalue weighted by Gasteiger charge is -2.16. The first-order chi connectivity index (χ1) is 7.02. The van der Waals surface area contributed by atoms with E-state index in [9.17, 15) is 9.59 Å². The molecule has 0 aromatic carbocycles. The van der Waals surface area contributed by atoms with Crippen LogP contribution in [0.1, 0.15) is 24.4 Å². The summed E-state index contributed by atoms with van der Waals surface area (Å²) in [4.78, 5) is 22.3. The number of hydrogen-bond acceptors (Lipinski definition) is 3. The zero-order valence-corrected chi connectivity index (χ0v) is 8.56. The zero-order valence-electron chi connectivity index (χ0n) is 8.56. The summed E-state index contributed by atoms with van der Waals surface area (Å²) in [5.74, 6) is -1.63. The first-order valence-electron chi connectivity index (χ1n) is 4.59. The fraction of sp³-hybridized carbons (Fsp3) is 0.400. The van der Waals surface area contributed by atoms with Crippen molar-refractivity contribution in [3.8, 4) is 0 Å². The van der Waals surface area contributed by atoms with Crippen LogP contribution in [0.2, 0.25) is 0 Å². The van der Waals surface area contributed by atoms with Crippen molar-refractivity contribution in [2.75, 3.05) is 0 Å². The van der Waals surface area contributed by atoms with Crippen molar-refractivity contribution >= 4 is 11.9 Å². The third-order valence-corrected chi connectivity index (χ3v) is 1.96. The highest BCUT2D eigenvalue weighted by molar-refractivity contribution is 5.94. The van der Waals surface area contributed by atoms with Crippen LogP contribution in [0.25, 0.3) is 0 Å². The van der Waals surface area contributed by atoms with E-state index in [1.165, 1.54) is 12.3 Å². The molecule has 15 heavy (non-hydrogen) atoms. The number of carboxylic acids is 1. The molecule has 0 radical (unpaired) electrons. The molecule has 0 aliphatic heterocycles. The van der Waals surface area contributed by atoms with E-state index < -0.39 is 17.9 Å². The summed E-state index contributed by atoms with van der Waals surface area (Å²) in [5, 5.41) is 11.2. The predicted molar refractivity (Wildman–Crippen MR) is 52.4 cm³/mol. The highest BCUT2D eigenvalue weighted by Gasteiger charge is 2.24. The van der Waals surface area contributed by atoms with E-state index >= 15 is 0 Å². The van der Waals surface area contributed by atoms with Gasteiger partial charge in [-0.3, -0.25) is 4.79 Å². The van der Waals surface area contributed by atoms with E-state index in [1.807, 2.05) is 0 Å². The summed E-state index contributed by atoms with van der Waals surface area (Å²) < 4.78 is 4.85. The van der Waals surface area contributed by atoms with Crippen LogP contribution >= 0.6 is 0 Å². The van der Waals surface area contributed by atoms with Crippen LogP contribution in [0.4, 0.5) is 0 Å². The minimum Gasteiger partial charge on any atom is -0.480 e. The maximum absolute atomic E-state index is 11.5. The monoisotopic (exact) mass is 211 g/mol. The Morgan fingerprint density at radius 2 is 2.13 bits per heavy atom. The van der Waals surface area contributed by atoms with Crippen LogP contribution in [0.15, 0.2) is 22.8 Å². The third kappa shape index (κ3) is 2.83. The van der Waals surface area contributed by atoms with Crippen molar-refractivity contribution in [1.82, 2.24) is 5.32 Å². The molecule has 5 heteroatoms. The Hall–Kier alpha value is -1.78. The minimum absolute atomic E-state index is 0.113. The molecule has 1 rings (SSSR count). The maximum Gasteiger partial charge on any atom is 0.326 e. The number of rotatable bonds is 4. The molecular formula is C10H13NO4. The van der Waals surface area contributed by atoms with E-state index in [4.69, 9.17) is 9.52 Å². The molecule has 0 fully saturated rings. The largest absolute Gasteiger partial charge is 0.480 e. The van der Waals surface area contributed by atoms with E-state index in [1.54, 1.807) is 19.9 Å². The molecule has 1 aromatic heterocycles. The highest BCUT2D eigenvalue weighted by Crippen LogP contribution is 2.05. The first kappa shape index (κ1) is 11.3. The molecule has 0 saturated carbocycles. The van der Waals surface area contributed by atoms with E-state index in [-0.39, 0.29) is 11.7 Å². The summed E-state index contributed by atoms with van der Waals surface area (Å²) in [5.41, 5.74) is 0. The van der Waals surface area contributed by atoms with E-state index in [0.717, 1.165) is 0 Å². The van der Waals surface area contributed by atoms with Gasteiger partial charge in [-0.25, -0.2) is 4.79 Å². The van der Waals surface area contributed by atoms with Gasteiger partial charge in [-0.05, 0) is 18.1 Å². The Balaban J connectivity index is 2.67. The van der Waals surface area contributed by atoms with Gasteiger partial charge in [0.1, 0.15) is 6.04 Å². The second-order valence-corrected chi connectivity index (χ2v) is 3.51. The Bertz CT molecular complexity index is 342. The number of furan rings is 1. The van der Waals surface area contributed by atoms with Gasteiger partial charge in [0.2, 0.25) is 0 Å². The maximum atomic E-state index is 11.5. The molecule has 1 aromatic rings. The molecule has 0 unspecified atom stereocenters.